The lowest BCUT2D eigenvalue weighted by Crippen LogP contribution is -2.42. The molecule has 0 spiro atoms. The smallest absolute Gasteiger partial charge is 0.410 e. The first-order valence-corrected chi connectivity index (χ1v) is 12.3. The van der Waals surface area contributed by atoms with E-state index in [0.29, 0.717) is 38.0 Å². The molecule has 2 aromatic heterocycles. The molecule has 3 aromatic rings. The molecule has 3 N–H and O–H groups in total. The van der Waals surface area contributed by atoms with Crippen molar-refractivity contribution in [2.45, 2.75) is 58.0 Å². The number of carbonyl (C=O) groups is 3. The van der Waals surface area contributed by atoms with E-state index in [0.717, 1.165) is 5.56 Å². The molecule has 37 heavy (non-hydrogen) atoms. The minimum atomic E-state index is -0.587. The minimum Gasteiger partial charge on any atom is -0.444 e. The molecule has 0 saturated carbocycles. The summed E-state index contributed by atoms with van der Waals surface area (Å²) in [4.78, 5) is 54.1. The fraction of sp³-hybridized carbons (Fsp3) is 0.423. The minimum absolute atomic E-state index is 0.0306. The molecule has 0 radical (unpaired) electrons. The summed E-state index contributed by atoms with van der Waals surface area (Å²) in [5.41, 5.74) is 5.94. The summed E-state index contributed by atoms with van der Waals surface area (Å²) in [6.45, 7) is 6.44. The number of H-pyrrole nitrogens is 1. The third-order valence-corrected chi connectivity index (χ3v) is 6.14. The number of ether oxygens (including phenoxy) is 1. The highest BCUT2D eigenvalue weighted by atomic mass is 16.6. The van der Waals surface area contributed by atoms with Gasteiger partial charge in [0.25, 0.3) is 11.5 Å². The summed E-state index contributed by atoms with van der Waals surface area (Å²) in [5.74, 6) is -0.952. The van der Waals surface area contributed by atoms with Crippen LogP contribution in [0.25, 0.3) is 5.65 Å². The van der Waals surface area contributed by atoms with Crippen LogP contribution in [0.5, 0.6) is 0 Å². The Bertz CT molecular complexity index is 1330. The topological polar surface area (TPSA) is 138 Å². The summed E-state index contributed by atoms with van der Waals surface area (Å²) in [6.07, 6.45) is 3.00. The maximum Gasteiger partial charge on any atom is 0.410 e. The van der Waals surface area contributed by atoms with Crippen molar-refractivity contribution in [3.05, 3.63) is 69.8 Å². The molecule has 3 amide bonds. The number of aromatic nitrogens is 3. The van der Waals surface area contributed by atoms with E-state index in [1.165, 1.54) is 12.3 Å². The largest absolute Gasteiger partial charge is 0.444 e. The van der Waals surface area contributed by atoms with Gasteiger partial charge in [0.05, 0.1) is 11.9 Å². The highest BCUT2D eigenvalue weighted by Gasteiger charge is 2.29. The summed E-state index contributed by atoms with van der Waals surface area (Å²) in [6, 6.07) is 11.0. The summed E-state index contributed by atoms with van der Waals surface area (Å²) >= 11 is 0. The van der Waals surface area contributed by atoms with Gasteiger partial charge in [-0.25, -0.2) is 9.31 Å². The molecule has 4 rings (SSSR count). The maximum atomic E-state index is 12.8. The maximum absolute atomic E-state index is 12.8. The van der Waals surface area contributed by atoms with Crippen molar-refractivity contribution < 1.29 is 19.1 Å². The molecule has 1 aromatic carbocycles. The highest BCUT2D eigenvalue weighted by molar-refractivity contribution is 6.00. The quantitative estimate of drug-likeness (QED) is 0.453. The van der Waals surface area contributed by atoms with Crippen LogP contribution in [-0.4, -0.2) is 56.1 Å². The van der Waals surface area contributed by atoms with Crippen LogP contribution in [0.15, 0.2) is 47.4 Å². The second kappa shape index (κ2) is 10.9. The number of nitrogens with zero attached hydrogens (tertiary/aromatic N) is 3. The van der Waals surface area contributed by atoms with Crippen LogP contribution in [0.2, 0.25) is 0 Å². The molecular weight excluding hydrogens is 476 g/mol. The lowest BCUT2D eigenvalue weighted by atomic mass is 9.93. The van der Waals surface area contributed by atoms with E-state index in [9.17, 15) is 19.2 Å². The van der Waals surface area contributed by atoms with Crippen molar-refractivity contribution in [3.63, 3.8) is 0 Å². The number of hydrogen-bond acceptors (Lipinski definition) is 6. The van der Waals surface area contributed by atoms with Gasteiger partial charge in [0, 0.05) is 31.5 Å². The number of aromatic amines is 1. The number of piperidine rings is 1. The lowest BCUT2D eigenvalue weighted by Gasteiger charge is -2.33. The average molecular weight is 509 g/mol. The number of hydrazine groups is 1. The van der Waals surface area contributed by atoms with Gasteiger partial charge in [0.15, 0.2) is 0 Å². The SMILES string of the molecule is CC(C)(C)OC(=O)N1CCC(c2cc(=O)[nH]c3c(C(=O)NNC(=O)CCc4ccccc4)cnn23)CC1. The van der Waals surface area contributed by atoms with E-state index in [4.69, 9.17) is 4.74 Å². The molecular formula is C26H32N6O5. The Labute approximate surface area is 214 Å². The Morgan fingerprint density at radius 3 is 2.49 bits per heavy atom. The molecule has 0 unspecified atom stereocenters. The number of hydrogen-bond donors (Lipinski definition) is 3. The number of carbonyl (C=O) groups excluding carboxylic acids is 3. The molecule has 0 bridgehead atoms. The normalized spacial score (nSPS) is 14.4. The zero-order valence-electron chi connectivity index (χ0n) is 21.2. The first-order valence-electron chi connectivity index (χ1n) is 12.3. The Kier molecular flexibility index (Phi) is 7.61. The van der Waals surface area contributed by atoms with E-state index < -0.39 is 11.5 Å². The van der Waals surface area contributed by atoms with Crippen LogP contribution >= 0.6 is 0 Å². The molecule has 1 fully saturated rings. The van der Waals surface area contributed by atoms with E-state index in [-0.39, 0.29) is 41.1 Å². The molecule has 0 aliphatic carbocycles. The van der Waals surface area contributed by atoms with Gasteiger partial charge in [-0.1, -0.05) is 30.3 Å². The van der Waals surface area contributed by atoms with Crippen LogP contribution < -0.4 is 16.4 Å². The van der Waals surface area contributed by atoms with Crippen LogP contribution in [-0.2, 0) is 16.0 Å². The zero-order chi connectivity index (χ0) is 26.6. The monoisotopic (exact) mass is 508 g/mol. The third-order valence-electron chi connectivity index (χ3n) is 6.14. The van der Waals surface area contributed by atoms with Crippen molar-refractivity contribution in [1.82, 2.24) is 30.3 Å². The summed E-state index contributed by atoms with van der Waals surface area (Å²) < 4.78 is 7.00. The highest BCUT2D eigenvalue weighted by Crippen LogP contribution is 2.28. The predicted octanol–water partition coefficient (Wildman–Crippen LogP) is 2.53. The fourth-order valence-corrected chi connectivity index (χ4v) is 4.31. The Morgan fingerprint density at radius 2 is 1.81 bits per heavy atom. The van der Waals surface area contributed by atoms with Gasteiger partial charge in [-0.05, 0) is 45.6 Å². The lowest BCUT2D eigenvalue weighted by molar-refractivity contribution is -0.121. The van der Waals surface area contributed by atoms with Crippen LogP contribution in [0.1, 0.15) is 67.6 Å². The first kappa shape index (κ1) is 25.9. The number of likely N-dealkylation sites (tertiary alicyclic amines) is 1. The number of benzene rings is 1. The molecule has 1 aliphatic heterocycles. The van der Waals surface area contributed by atoms with Crippen molar-refractivity contribution in [2.24, 2.45) is 0 Å². The summed E-state index contributed by atoms with van der Waals surface area (Å²) in [7, 11) is 0. The van der Waals surface area contributed by atoms with Crippen molar-refractivity contribution in [1.29, 1.82) is 0 Å². The van der Waals surface area contributed by atoms with Gasteiger partial charge in [-0.15, -0.1) is 0 Å². The molecule has 11 heteroatoms. The molecule has 1 aliphatic rings. The average Bonchev–Trinajstić information content (AvgIpc) is 3.29. The molecule has 0 atom stereocenters. The third kappa shape index (κ3) is 6.54. The molecule has 1 saturated heterocycles. The van der Waals surface area contributed by atoms with Gasteiger partial charge in [-0.2, -0.15) is 5.10 Å². The second-order valence-corrected chi connectivity index (χ2v) is 10.1. The fourth-order valence-electron chi connectivity index (χ4n) is 4.31. The Hall–Kier alpha value is -4.15. The van der Waals surface area contributed by atoms with Crippen molar-refractivity contribution in [2.75, 3.05) is 13.1 Å². The van der Waals surface area contributed by atoms with Gasteiger partial charge >= 0.3 is 6.09 Å². The van der Waals surface area contributed by atoms with Crippen LogP contribution in [0, 0.1) is 0 Å². The van der Waals surface area contributed by atoms with Crippen LogP contribution in [0.3, 0.4) is 0 Å². The van der Waals surface area contributed by atoms with Gasteiger partial charge < -0.3 is 14.6 Å². The van der Waals surface area contributed by atoms with Crippen LogP contribution in [0.4, 0.5) is 4.79 Å². The van der Waals surface area contributed by atoms with E-state index in [2.05, 4.69) is 20.9 Å². The van der Waals surface area contributed by atoms with Crippen molar-refractivity contribution in [3.8, 4) is 0 Å². The van der Waals surface area contributed by atoms with E-state index >= 15 is 0 Å². The number of fused-ring (bicyclic) bond motifs is 1. The Balaban J connectivity index is 1.40. The number of amides is 3. The van der Waals surface area contributed by atoms with Gasteiger partial charge in [0.2, 0.25) is 5.91 Å². The van der Waals surface area contributed by atoms with E-state index in [1.54, 1.807) is 9.42 Å². The standard InChI is InChI=1S/C26H32N6O5/c1-26(2,3)37-25(36)31-13-11-18(12-14-31)20-15-22(34)28-23-19(16-27-32(20)23)24(35)30-29-21(33)10-9-17-7-5-4-6-8-17/h4-8,15-16,18H,9-14H2,1-3H3,(H,28,34)(H,29,33)(H,30,35). The molecule has 3 heterocycles. The summed E-state index contributed by atoms with van der Waals surface area (Å²) in [5, 5.41) is 4.33. The van der Waals surface area contributed by atoms with Gasteiger partial charge in [-0.3, -0.25) is 25.2 Å². The number of rotatable bonds is 5. The van der Waals surface area contributed by atoms with Gasteiger partial charge in [0.1, 0.15) is 16.8 Å². The number of aryl methyl sites for hydroxylation is 1. The van der Waals surface area contributed by atoms with E-state index in [1.807, 2.05) is 51.1 Å². The predicted molar refractivity (Wildman–Crippen MR) is 136 cm³/mol. The Morgan fingerprint density at radius 1 is 1.11 bits per heavy atom. The first-order chi connectivity index (χ1) is 17.6. The zero-order valence-corrected chi connectivity index (χ0v) is 21.2. The van der Waals surface area contributed by atoms with Crippen molar-refractivity contribution >= 4 is 23.6 Å². The second-order valence-electron chi connectivity index (χ2n) is 10.1. The number of nitrogens with one attached hydrogen (secondary N) is 3. The molecule has 11 nitrogen and oxygen atoms in total. The molecule has 196 valence electrons.